The summed E-state index contributed by atoms with van der Waals surface area (Å²) in [6.45, 7) is 10.4. The van der Waals surface area contributed by atoms with Crippen LogP contribution in [0.25, 0.3) is 0 Å². The molecule has 0 spiro atoms. The summed E-state index contributed by atoms with van der Waals surface area (Å²) in [5, 5.41) is 4.27. The van der Waals surface area contributed by atoms with Crippen LogP contribution in [0.15, 0.2) is 18.3 Å². The Balaban J connectivity index is 1.15. The maximum absolute atomic E-state index is 12.4. The number of rotatable bonds is 9. The quantitative estimate of drug-likeness (QED) is 0.564. The van der Waals surface area contributed by atoms with Gasteiger partial charge in [0.1, 0.15) is 0 Å². The van der Waals surface area contributed by atoms with Crippen LogP contribution in [0.2, 0.25) is 0 Å². The van der Waals surface area contributed by atoms with Crippen LogP contribution in [0, 0.1) is 18.8 Å². The van der Waals surface area contributed by atoms with Crippen LogP contribution in [-0.4, -0.2) is 53.1 Å². The Hall–Kier alpha value is -1.99. The van der Waals surface area contributed by atoms with Crippen molar-refractivity contribution in [2.75, 3.05) is 26.2 Å². The van der Waals surface area contributed by atoms with Gasteiger partial charge in [-0.25, -0.2) is 9.97 Å². The van der Waals surface area contributed by atoms with E-state index in [4.69, 9.17) is 9.72 Å². The molecule has 1 fully saturated rings. The first-order chi connectivity index (χ1) is 16.4. The van der Waals surface area contributed by atoms with E-state index in [1.54, 1.807) is 11.3 Å². The normalized spacial score (nSPS) is 21.2. The first-order valence-electron chi connectivity index (χ1n) is 13.0. The highest BCUT2D eigenvalue weighted by molar-refractivity contribution is 7.11. The second-order valence-electron chi connectivity index (χ2n) is 10.4. The van der Waals surface area contributed by atoms with Crippen LogP contribution in [0.3, 0.4) is 0 Å². The number of nitrogens with one attached hydrogen (secondary N) is 1. The summed E-state index contributed by atoms with van der Waals surface area (Å²) in [5.74, 6) is 2.20. The van der Waals surface area contributed by atoms with Crippen LogP contribution in [-0.2, 0) is 24.1 Å². The van der Waals surface area contributed by atoms with Crippen LogP contribution in [0.1, 0.15) is 67.1 Å². The summed E-state index contributed by atoms with van der Waals surface area (Å²) < 4.78 is 5.84. The number of aryl methyl sites for hydroxylation is 1. The first kappa shape index (κ1) is 25.1. The van der Waals surface area contributed by atoms with Crippen molar-refractivity contribution in [2.45, 2.75) is 78.2 Å². The summed E-state index contributed by atoms with van der Waals surface area (Å²) in [4.78, 5) is 25.1. The Morgan fingerprint density at radius 3 is 2.74 bits per heavy atom. The molecule has 6 nitrogen and oxygen atoms in total. The molecule has 1 N–H and O–H groups in total. The fourth-order valence-electron chi connectivity index (χ4n) is 5.05. The van der Waals surface area contributed by atoms with Gasteiger partial charge >= 0.3 is 0 Å². The summed E-state index contributed by atoms with van der Waals surface area (Å²) in [6.07, 6.45) is 10.3. The van der Waals surface area contributed by atoms with Crippen molar-refractivity contribution in [1.82, 2.24) is 20.2 Å². The molecule has 1 saturated carbocycles. The molecule has 0 radical (unpaired) electrons. The molecule has 0 atom stereocenters. The fraction of sp³-hybridized carbons (Fsp3) is 0.667. The monoisotopic (exact) mass is 484 g/mol. The third kappa shape index (κ3) is 7.51. The van der Waals surface area contributed by atoms with Gasteiger partial charge in [0.2, 0.25) is 11.8 Å². The predicted octanol–water partition coefficient (Wildman–Crippen LogP) is 4.59. The lowest BCUT2D eigenvalue weighted by Gasteiger charge is -2.30. The number of carbonyl (C=O) groups excluding carboxylic acids is 1. The van der Waals surface area contributed by atoms with Gasteiger partial charge in [-0.15, -0.1) is 11.3 Å². The number of aromatic nitrogens is 2. The lowest BCUT2D eigenvalue weighted by molar-refractivity contribution is -0.121. The number of fused-ring (bicyclic) bond motifs is 1. The number of nitrogens with zero attached hydrogens (tertiary/aromatic N) is 3. The molecule has 1 amide bonds. The maximum Gasteiger partial charge on any atom is 0.225 e. The van der Waals surface area contributed by atoms with Crippen molar-refractivity contribution in [3.63, 3.8) is 0 Å². The molecule has 1 aliphatic heterocycles. The van der Waals surface area contributed by atoms with Gasteiger partial charge in [0.25, 0.3) is 0 Å². The van der Waals surface area contributed by atoms with Crippen LogP contribution < -0.4 is 10.1 Å². The summed E-state index contributed by atoms with van der Waals surface area (Å²) in [5.41, 5.74) is 2.60. The molecule has 3 heterocycles. The molecule has 2 aromatic heterocycles. The van der Waals surface area contributed by atoms with E-state index in [2.05, 4.69) is 35.1 Å². The van der Waals surface area contributed by atoms with E-state index in [1.165, 1.54) is 30.5 Å². The van der Waals surface area contributed by atoms with Crippen LogP contribution in [0.4, 0.5) is 0 Å². The number of thiazole rings is 1. The predicted molar refractivity (Wildman–Crippen MR) is 137 cm³/mol. The lowest BCUT2D eigenvalue weighted by Crippen LogP contribution is -2.38. The van der Waals surface area contributed by atoms with E-state index >= 15 is 0 Å². The van der Waals surface area contributed by atoms with E-state index < -0.39 is 0 Å². The van der Waals surface area contributed by atoms with Crippen molar-refractivity contribution < 1.29 is 9.53 Å². The molecule has 0 saturated heterocycles. The van der Waals surface area contributed by atoms with Crippen molar-refractivity contribution in [2.24, 2.45) is 11.8 Å². The van der Waals surface area contributed by atoms with E-state index in [0.29, 0.717) is 18.4 Å². The molecule has 0 unspecified atom stereocenters. The van der Waals surface area contributed by atoms with Crippen molar-refractivity contribution in [1.29, 1.82) is 0 Å². The second kappa shape index (κ2) is 12.1. The average Bonchev–Trinajstić information content (AvgIpc) is 3.11. The van der Waals surface area contributed by atoms with E-state index in [9.17, 15) is 4.79 Å². The minimum atomic E-state index is 0.141. The molecular formula is C27H40N4O2S. The van der Waals surface area contributed by atoms with Gasteiger partial charge in [-0.3, -0.25) is 4.79 Å². The summed E-state index contributed by atoms with van der Waals surface area (Å²) in [6, 6.07) is 4.59. The Morgan fingerprint density at radius 2 is 2.00 bits per heavy atom. The van der Waals surface area contributed by atoms with E-state index in [-0.39, 0.29) is 5.91 Å². The highest BCUT2D eigenvalue weighted by atomic mass is 32.1. The molecule has 4 rings (SSSR count). The molecule has 1 aliphatic carbocycles. The largest absolute Gasteiger partial charge is 0.477 e. The standard InChI is InChI=1S/C27H40N4O2S/c1-19(2)18-33-27-9-6-22-11-14-31(15-12-25(22)30-27)13-10-21-4-7-23(8-5-21)29-26(32)16-24-17-28-20(3)34-24/h6,9,17,19,21,23H,4-5,7-8,10-16,18H2,1-3H3,(H,29,32). The molecule has 34 heavy (non-hydrogen) atoms. The number of hydrogen-bond donors (Lipinski definition) is 1. The number of carbonyl (C=O) groups is 1. The maximum atomic E-state index is 12.4. The highest BCUT2D eigenvalue weighted by Crippen LogP contribution is 2.28. The Morgan fingerprint density at radius 1 is 1.21 bits per heavy atom. The third-order valence-corrected chi connectivity index (χ3v) is 7.95. The molecule has 186 valence electrons. The van der Waals surface area contributed by atoms with Gasteiger partial charge in [-0.1, -0.05) is 19.9 Å². The van der Waals surface area contributed by atoms with Gasteiger partial charge in [-0.2, -0.15) is 0 Å². The smallest absolute Gasteiger partial charge is 0.225 e. The zero-order valence-corrected chi connectivity index (χ0v) is 21.8. The van der Waals surface area contributed by atoms with Gasteiger partial charge in [0.15, 0.2) is 0 Å². The van der Waals surface area contributed by atoms with Gasteiger partial charge in [0, 0.05) is 48.4 Å². The highest BCUT2D eigenvalue weighted by Gasteiger charge is 2.24. The first-order valence-corrected chi connectivity index (χ1v) is 13.8. The molecule has 2 aromatic rings. The Bertz CT molecular complexity index is 936. The van der Waals surface area contributed by atoms with E-state index in [0.717, 1.165) is 73.6 Å². The van der Waals surface area contributed by atoms with Gasteiger partial charge in [-0.05, 0) is 69.4 Å². The number of ether oxygens (including phenoxy) is 1. The van der Waals surface area contributed by atoms with Crippen LogP contribution >= 0.6 is 11.3 Å². The molecular weight excluding hydrogens is 444 g/mol. The van der Waals surface area contributed by atoms with Crippen molar-refractivity contribution >= 4 is 17.2 Å². The zero-order chi connectivity index (χ0) is 23.9. The van der Waals surface area contributed by atoms with Crippen molar-refractivity contribution in [3.8, 4) is 5.88 Å². The van der Waals surface area contributed by atoms with E-state index in [1.807, 2.05) is 19.2 Å². The van der Waals surface area contributed by atoms with Gasteiger partial charge in [0.05, 0.1) is 18.0 Å². The minimum Gasteiger partial charge on any atom is -0.477 e. The topological polar surface area (TPSA) is 67.4 Å². The zero-order valence-electron chi connectivity index (χ0n) is 21.0. The lowest BCUT2D eigenvalue weighted by atomic mass is 9.84. The Kier molecular flexibility index (Phi) is 8.95. The average molecular weight is 485 g/mol. The molecule has 0 bridgehead atoms. The molecule has 0 aromatic carbocycles. The number of hydrogen-bond acceptors (Lipinski definition) is 6. The van der Waals surface area contributed by atoms with Crippen LogP contribution in [0.5, 0.6) is 5.88 Å². The minimum absolute atomic E-state index is 0.141. The number of pyridine rings is 1. The fourth-order valence-corrected chi connectivity index (χ4v) is 5.84. The second-order valence-corrected chi connectivity index (χ2v) is 11.7. The molecule has 2 aliphatic rings. The summed E-state index contributed by atoms with van der Waals surface area (Å²) in [7, 11) is 0. The SMILES string of the molecule is Cc1ncc(CC(=O)NC2CCC(CCN3CCc4ccc(OCC(C)C)nc4CC3)CC2)s1. The molecule has 7 heteroatoms. The van der Waals surface area contributed by atoms with Gasteiger partial charge < -0.3 is 15.0 Å². The van der Waals surface area contributed by atoms with Crippen molar-refractivity contribution in [3.05, 3.63) is 39.5 Å². The Labute approximate surface area is 208 Å². The third-order valence-electron chi connectivity index (χ3n) is 7.04. The summed E-state index contributed by atoms with van der Waals surface area (Å²) >= 11 is 1.61. The number of amides is 1.